The lowest BCUT2D eigenvalue weighted by Crippen LogP contribution is -2.39. The van der Waals surface area contributed by atoms with Crippen LogP contribution in [0.5, 0.6) is 0 Å². The number of allylic oxidation sites excluding steroid dienone is 2. The molecular formula is C13H19NO3. The van der Waals surface area contributed by atoms with E-state index >= 15 is 0 Å². The first kappa shape index (κ1) is 13.5. The molecule has 1 rings (SSSR count). The summed E-state index contributed by atoms with van der Waals surface area (Å²) in [7, 11) is 3.75. The fourth-order valence-corrected chi connectivity index (χ4v) is 1.65. The minimum absolute atomic E-state index is 0.146. The smallest absolute Gasteiger partial charge is 0.342 e. The summed E-state index contributed by atoms with van der Waals surface area (Å²) in [5, 5.41) is 0. The van der Waals surface area contributed by atoms with Crippen molar-refractivity contribution < 1.29 is 14.3 Å². The van der Waals surface area contributed by atoms with Crippen molar-refractivity contribution in [2.45, 2.75) is 32.8 Å². The van der Waals surface area contributed by atoms with Gasteiger partial charge in [0.1, 0.15) is 11.2 Å². The molecule has 0 aromatic heterocycles. The molecule has 1 heterocycles. The van der Waals surface area contributed by atoms with E-state index in [1.807, 2.05) is 19.0 Å². The van der Waals surface area contributed by atoms with Crippen LogP contribution in [0.3, 0.4) is 0 Å². The number of hydrogen-bond acceptors (Lipinski definition) is 4. The normalized spacial score (nSPS) is 22.6. The molecule has 94 valence electrons. The molecule has 0 aromatic rings. The van der Waals surface area contributed by atoms with Crippen molar-refractivity contribution in [1.29, 1.82) is 0 Å². The number of cyclic esters (lactones) is 1. The molecule has 4 nitrogen and oxygen atoms in total. The van der Waals surface area contributed by atoms with Crippen LogP contribution in [0, 0.1) is 0 Å². The topological polar surface area (TPSA) is 46.6 Å². The number of hydrogen-bond donors (Lipinski definition) is 0. The van der Waals surface area contributed by atoms with Gasteiger partial charge in [-0.05, 0) is 38.6 Å². The largest absolute Gasteiger partial charge is 0.455 e. The van der Waals surface area contributed by atoms with Gasteiger partial charge in [0.15, 0.2) is 5.78 Å². The first-order valence-corrected chi connectivity index (χ1v) is 5.55. The molecule has 0 saturated carbocycles. The molecule has 1 saturated heterocycles. The van der Waals surface area contributed by atoms with Gasteiger partial charge in [0.05, 0.1) is 6.42 Å². The molecule has 0 aliphatic carbocycles. The van der Waals surface area contributed by atoms with Crippen molar-refractivity contribution in [2.75, 3.05) is 14.1 Å². The Morgan fingerprint density at radius 3 is 2.41 bits per heavy atom. The van der Waals surface area contributed by atoms with E-state index in [4.69, 9.17) is 4.74 Å². The molecule has 17 heavy (non-hydrogen) atoms. The lowest BCUT2D eigenvalue weighted by atomic mass is 9.91. The third-order valence-electron chi connectivity index (χ3n) is 2.46. The van der Waals surface area contributed by atoms with Crippen LogP contribution in [0.2, 0.25) is 0 Å². The van der Waals surface area contributed by atoms with Crippen molar-refractivity contribution in [3.05, 3.63) is 23.4 Å². The summed E-state index contributed by atoms with van der Waals surface area (Å²) in [5.41, 5.74) is 0.120. The minimum atomic E-state index is -0.691. The second-order valence-electron chi connectivity index (χ2n) is 5.09. The van der Waals surface area contributed by atoms with Crippen LogP contribution in [-0.2, 0) is 14.3 Å². The van der Waals surface area contributed by atoms with Gasteiger partial charge < -0.3 is 9.64 Å². The zero-order valence-corrected chi connectivity index (χ0v) is 11.0. The molecule has 4 heteroatoms. The fourth-order valence-electron chi connectivity index (χ4n) is 1.65. The SMILES string of the molecule is CC(C=CN(C)C)=C1C(=O)CC(C)(C)OC1=O. The molecule has 1 fully saturated rings. The van der Waals surface area contributed by atoms with Gasteiger partial charge in [-0.3, -0.25) is 4.79 Å². The Morgan fingerprint density at radius 1 is 1.35 bits per heavy atom. The Morgan fingerprint density at radius 2 is 1.94 bits per heavy atom. The van der Waals surface area contributed by atoms with Crippen LogP contribution in [0.1, 0.15) is 27.2 Å². The van der Waals surface area contributed by atoms with Crippen molar-refractivity contribution in [1.82, 2.24) is 4.90 Å². The highest BCUT2D eigenvalue weighted by Crippen LogP contribution is 2.27. The molecule has 0 N–H and O–H groups in total. The van der Waals surface area contributed by atoms with E-state index in [0.29, 0.717) is 5.57 Å². The lowest BCUT2D eigenvalue weighted by Gasteiger charge is -2.30. The molecule has 0 amide bonds. The van der Waals surface area contributed by atoms with Gasteiger partial charge in [0.2, 0.25) is 0 Å². The molecule has 1 aliphatic rings. The van der Waals surface area contributed by atoms with Crippen LogP contribution >= 0.6 is 0 Å². The maximum atomic E-state index is 11.9. The minimum Gasteiger partial charge on any atom is -0.455 e. The van der Waals surface area contributed by atoms with Crippen LogP contribution in [0.15, 0.2) is 23.4 Å². The number of nitrogens with zero attached hydrogens (tertiary/aromatic N) is 1. The van der Waals surface area contributed by atoms with Gasteiger partial charge in [0.25, 0.3) is 0 Å². The highest BCUT2D eigenvalue weighted by molar-refractivity contribution is 6.20. The third kappa shape index (κ3) is 3.44. The van der Waals surface area contributed by atoms with E-state index in [1.54, 1.807) is 33.0 Å². The first-order chi connectivity index (χ1) is 7.73. The second-order valence-corrected chi connectivity index (χ2v) is 5.09. The van der Waals surface area contributed by atoms with E-state index in [-0.39, 0.29) is 17.8 Å². The monoisotopic (exact) mass is 237 g/mol. The molecule has 1 aliphatic heterocycles. The van der Waals surface area contributed by atoms with Crippen LogP contribution in [0.4, 0.5) is 0 Å². The van der Waals surface area contributed by atoms with E-state index in [9.17, 15) is 9.59 Å². The number of carbonyl (C=O) groups excluding carboxylic acids is 2. The van der Waals surface area contributed by atoms with Gasteiger partial charge in [0, 0.05) is 14.1 Å². The van der Waals surface area contributed by atoms with Crippen molar-refractivity contribution in [3.63, 3.8) is 0 Å². The molecular weight excluding hydrogens is 218 g/mol. The van der Waals surface area contributed by atoms with Crippen molar-refractivity contribution >= 4 is 11.8 Å². The number of ether oxygens (including phenoxy) is 1. The summed E-state index contributed by atoms with van der Waals surface area (Å²) < 4.78 is 5.22. The number of rotatable bonds is 2. The zero-order valence-electron chi connectivity index (χ0n) is 11.0. The Labute approximate surface area is 102 Å². The predicted octanol–water partition coefficient (Wildman–Crippen LogP) is 1.67. The molecule has 0 atom stereocenters. The number of carbonyl (C=O) groups is 2. The van der Waals surface area contributed by atoms with Crippen LogP contribution in [-0.4, -0.2) is 36.3 Å². The Hall–Kier alpha value is -1.58. The van der Waals surface area contributed by atoms with Crippen molar-refractivity contribution in [3.8, 4) is 0 Å². The fraction of sp³-hybridized carbons (Fsp3) is 0.538. The van der Waals surface area contributed by atoms with E-state index in [2.05, 4.69) is 0 Å². The summed E-state index contributed by atoms with van der Waals surface area (Å²) in [5.74, 6) is -0.667. The Bertz CT molecular complexity index is 381. The van der Waals surface area contributed by atoms with E-state index in [1.165, 1.54) is 0 Å². The number of esters is 1. The zero-order chi connectivity index (χ0) is 13.2. The third-order valence-corrected chi connectivity index (χ3v) is 2.46. The average molecular weight is 237 g/mol. The number of Topliss-reactive ketones (excluding diaryl/α,β-unsaturated/α-hetero) is 1. The molecule has 0 aromatic carbocycles. The molecule has 0 unspecified atom stereocenters. The quantitative estimate of drug-likeness (QED) is 0.416. The Kier molecular flexibility index (Phi) is 3.76. The summed E-state index contributed by atoms with van der Waals surface area (Å²) >= 11 is 0. The summed E-state index contributed by atoms with van der Waals surface area (Å²) in [6.07, 6.45) is 3.77. The van der Waals surface area contributed by atoms with Crippen LogP contribution < -0.4 is 0 Å². The lowest BCUT2D eigenvalue weighted by molar-refractivity contribution is -0.159. The average Bonchev–Trinajstić information content (AvgIpc) is 2.11. The summed E-state index contributed by atoms with van der Waals surface area (Å²) in [6.45, 7) is 5.22. The summed E-state index contributed by atoms with van der Waals surface area (Å²) in [6, 6.07) is 0. The maximum Gasteiger partial charge on any atom is 0.342 e. The molecule has 0 radical (unpaired) electrons. The molecule has 0 spiro atoms. The van der Waals surface area contributed by atoms with Gasteiger partial charge in [-0.25, -0.2) is 4.79 Å². The summed E-state index contributed by atoms with van der Waals surface area (Å²) in [4.78, 5) is 25.5. The highest BCUT2D eigenvalue weighted by Gasteiger charge is 2.37. The highest BCUT2D eigenvalue weighted by atomic mass is 16.6. The molecule has 0 bridgehead atoms. The van der Waals surface area contributed by atoms with E-state index < -0.39 is 11.6 Å². The van der Waals surface area contributed by atoms with Crippen LogP contribution in [0.25, 0.3) is 0 Å². The van der Waals surface area contributed by atoms with Gasteiger partial charge in [-0.15, -0.1) is 0 Å². The van der Waals surface area contributed by atoms with E-state index in [0.717, 1.165) is 0 Å². The first-order valence-electron chi connectivity index (χ1n) is 5.55. The Balaban J connectivity index is 3.02. The second kappa shape index (κ2) is 4.73. The van der Waals surface area contributed by atoms with Gasteiger partial charge in [-0.2, -0.15) is 0 Å². The predicted molar refractivity (Wildman–Crippen MR) is 65.3 cm³/mol. The van der Waals surface area contributed by atoms with Gasteiger partial charge >= 0.3 is 5.97 Å². The number of ketones is 1. The standard InChI is InChI=1S/C13H19NO3/c1-9(6-7-14(4)5)11-10(15)8-13(2,3)17-12(11)16/h6-7H,8H2,1-5H3. The maximum absolute atomic E-state index is 11.9. The van der Waals surface area contributed by atoms with Crippen molar-refractivity contribution in [2.24, 2.45) is 0 Å². The van der Waals surface area contributed by atoms with Gasteiger partial charge in [-0.1, -0.05) is 0 Å².